The molecule has 1 aromatic heterocycles. The van der Waals surface area contributed by atoms with Gasteiger partial charge in [-0.1, -0.05) is 29.5 Å². The molecule has 1 N–H and O–H groups in total. The van der Waals surface area contributed by atoms with Crippen LogP contribution in [0.4, 0.5) is 5.69 Å². The van der Waals surface area contributed by atoms with Crippen LogP contribution in [0, 0.1) is 13.8 Å². The number of rotatable bonds is 6. The highest BCUT2D eigenvalue weighted by molar-refractivity contribution is 7.99. The van der Waals surface area contributed by atoms with Gasteiger partial charge < -0.3 is 14.5 Å². The Bertz CT molecular complexity index is 924. The Morgan fingerprint density at radius 3 is 2.77 bits per heavy atom. The molecule has 1 heterocycles. The number of nitrogens with zero attached hydrogens (tertiary/aromatic N) is 2. The fraction of sp³-hybridized carbons (Fsp3) is 0.211. The molecule has 134 valence electrons. The zero-order valence-corrected chi connectivity index (χ0v) is 15.6. The summed E-state index contributed by atoms with van der Waals surface area (Å²) in [5.41, 5.74) is 3.66. The average molecular weight is 369 g/mol. The predicted molar refractivity (Wildman–Crippen MR) is 102 cm³/mol. The van der Waals surface area contributed by atoms with Crippen LogP contribution in [0.1, 0.15) is 11.1 Å². The summed E-state index contributed by atoms with van der Waals surface area (Å²) in [4.78, 5) is 12.2. The first-order valence-corrected chi connectivity index (χ1v) is 9.01. The van der Waals surface area contributed by atoms with Crippen molar-refractivity contribution in [2.75, 3.05) is 18.2 Å². The first-order chi connectivity index (χ1) is 12.5. The van der Waals surface area contributed by atoms with E-state index in [0.717, 1.165) is 28.1 Å². The van der Waals surface area contributed by atoms with Crippen molar-refractivity contribution in [2.24, 2.45) is 0 Å². The van der Waals surface area contributed by atoms with Crippen LogP contribution in [-0.4, -0.2) is 29.0 Å². The number of nitrogens with one attached hydrogen (secondary N) is 1. The largest absolute Gasteiger partial charge is 0.497 e. The van der Waals surface area contributed by atoms with Gasteiger partial charge in [0.15, 0.2) is 0 Å². The van der Waals surface area contributed by atoms with E-state index in [1.54, 1.807) is 7.11 Å². The Morgan fingerprint density at radius 1 is 1.19 bits per heavy atom. The van der Waals surface area contributed by atoms with Gasteiger partial charge in [-0.2, -0.15) is 0 Å². The molecule has 0 aliphatic heterocycles. The summed E-state index contributed by atoms with van der Waals surface area (Å²) < 4.78 is 10.8. The molecular weight excluding hydrogens is 350 g/mol. The smallest absolute Gasteiger partial charge is 0.277 e. The molecule has 7 heteroatoms. The summed E-state index contributed by atoms with van der Waals surface area (Å²) in [5, 5.41) is 11.3. The fourth-order valence-electron chi connectivity index (χ4n) is 2.38. The number of thioether (sulfide) groups is 1. The summed E-state index contributed by atoms with van der Waals surface area (Å²) in [7, 11) is 1.61. The molecule has 0 aliphatic rings. The van der Waals surface area contributed by atoms with Gasteiger partial charge in [-0.15, -0.1) is 10.2 Å². The molecule has 0 atom stereocenters. The molecule has 2 aromatic carbocycles. The quantitative estimate of drug-likeness (QED) is 0.660. The summed E-state index contributed by atoms with van der Waals surface area (Å²) >= 11 is 1.20. The highest BCUT2D eigenvalue weighted by Crippen LogP contribution is 2.25. The second-order valence-electron chi connectivity index (χ2n) is 5.76. The molecule has 26 heavy (non-hydrogen) atoms. The lowest BCUT2D eigenvalue weighted by molar-refractivity contribution is -0.113. The van der Waals surface area contributed by atoms with E-state index in [2.05, 4.69) is 15.5 Å². The van der Waals surface area contributed by atoms with Crippen molar-refractivity contribution in [3.8, 4) is 17.2 Å². The molecule has 0 aliphatic carbocycles. The lowest BCUT2D eigenvalue weighted by Crippen LogP contribution is -2.14. The molecule has 0 saturated heterocycles. The van der Waals surface area contributed by atoms with Gasteiger partial charge in [0.1, 0.15) is 5.75 Å². The second kappa shape index (κ2) is 8.05. The maximum Gasteiger partial charge on any atom is 0.277 e. The monoisotopic (exact) mass is 369 g/mol. The number of carbonyl (C=O) groups is 1. The number of amides is 1. The lowest BCUT2D eigenvalue weighted by Gasteiger charge is -2.09. The normalized spacial score (nSPS) is 10.6. The van der Waals surface area contributed by atoms with Gasteiger partial charge in [0.25, 0.3) is 5.22 Å². The SMILES string of the molecule is COc1ccc(NC(=O)CSc2nnc(-c3cccc(C)c3)o2)c(C)c1. The van der Waals surface area contributed by atoms with E-state index >= 15 is 0 Å². The third kappa shape index (κ3) is 4.43. The first kappa shape index (κ1) is 18.0. The Morgan fingerprint density at radius 2 is 2.04 bits per heavy atom. The third-order valence-corrected chi connectivity index (χ3v) is 4.52. The van der Waals surface area contributed by atoms with Crippen molar-refractivity contribution in [1.82, 2.24) is 10.2 Å². The number of benzene rings is 2. The van der Waals surface area contributed by atoms with Gasteiger partial charge in [0.2, 0.25) is 11.8 Å². The van der Waals surface area contributed by atoms with E-state index in [0.29, 0.717) is 11.1 Å². The third-order valence-electron chi connectivity index (χ3n) is 3.71. The van der Waals surface area contributed by atoms with Gasteiger partial charge in [0, 0.05) is 11.3 Å². The molecule has 3 aromatic rings. The van der Waals surface area contributed by atoms with Crippen molar-refractivity contribution < 1.29 is 13.9 Å². The van der Waals surface area contributed by atoms with Gasteiger partial charge in [-0.25, -0.2) is 0 Å². The Labute approximate surface area is 156 Å². The van der Waals surface area contributed by atoms with E-state index in [1.807, 2.05) is 56.3 Å². The maximum absolute atomic E-state index is 12.2. The van der Waals surface area contributed by atoms with Crippen LogP contribution >= 0.6 is 11.8 Å². The van der Waals surface area contributed by atoms with Crippen LogP contribution in [0.5, 0.6) is 5.75 Å². The number of ether oxygens (including phenoxy) is 1. The number of aromatic nitrogens is 2. The van der Waals surface area contributed by atoms with Crippen LogP contribution in [0.25, 0.3) is 11.5 Å². The van der Waals surface area contributed by atoms with Crippen LogP contribution < -0.4 is 10.1 Å². The lowest BCUT2D eigenvalue weighted by atomic mass is 10.1. The van der Waals surface area contributed by atoms with Crippen LogP contribution in [0.3, 0.4) is 0 Å². The maximum atomic E-state index is 12.2. The molecule has 0 unspecified atom stereocenters. The zero-order valence-electron chi connectivity index (χ0n) is 14.8. The number of methoxy groups -OCH3 is 1. The highest BCUT2D eigenvalue weighted by Gasteiger charge is 2.12. The van der Waals surface area contributed by atoms with E-state index in [4.69, 9.17) is 9.15 Å². The number of hydrogen-bond donors (Lipinski definition) is 1. The number of hydrogen-bond acceptors (Lipinski definition) is 6. The minimum atomic E-state index is -0.140. The first-order valence-electron chi connectivity index (χ1n) is 8.03. The fourth-order valence-corrected chi connectivity index (χ4v) is 2.94. The average Bonchev–Trinajstić information content (AvgIpc) is 3.11. The van der Waals surface area contributed by atoms with Crippen LogP contribution in [0.2, 0.25) is 0 Å². The number of aryl methyl sites for hydroxylation is 2. The van der Waals surface area contributed by atoms with Gasteiger partial charge >= 0.3 is 0 Å². The van der Waals surface area contributed by atoms with E-state index < -0.39 is 0 Å². The molecule has 0 saturated carbocycles. The van der Waals surface area contributed by atoms with E-state index in [-0.39, 0.29) is 11.7 Å². The second-order valence-corrected chi connectivity index (χ2v) is 6.69. The van der Waals surface area contributed by atoms with Crippen molar-refractivity contribution in [2.45, 2.75) is 19.1 Å². The van der Waals surface area contributed by atoms with Crippen LogP contribution in [-0.2, 0) is 4.79 Å². The minimum Gasteiger partial charge on any atom is -0.497 e. The summed E-state index contributed by atoms with van der Waals surface area (Å²) in [6.07, 6.45) is 0. The van der Waals surface area contributed by atoms with E-state index in [1.165, 1.54) is 11.8 Å². The Hall–Kier alpha value is -2.80. The molecule has 1 amide bonds. The molecule has 3 rings (SSSR count). The molecule has 0 spiro atoms. The van der Waals surface area contributed by atoms with Crippen molar-refractivity contribution in [3.63, 3.8) is 0 Å². The molecular formula is C19H19N3O3S. The number of carbonyl (C=O) groups excluding carboxylic acids is 1. The molecule has 0 fully saturated rings. The Balaban J connectivity index is 1.58. The van der Waals surface area contributed by atoms with Crippen LogP contribution in [0.15, 0.2) is 52.1 Å². The van der Waals surface area contributed by atoms with Gasteiger partial charge in [-0.3, -0.25) is 4.79 Å². The van der Waals surface area contributed by atoms with Crippen molar-refractivity contribution >= 4 is 23.4 Å². The molecule has 6 nitrogen and oxygen atoms in total. The molecule has 0 bridgehead atoms. The topological polar surface area (TPSA) is 77.2 Å². The zero-order chi connectivity index (χ0) is 18.5. The van der Waals surface area contributed by atoms with Crippen molar-refractivity contribution in [1.29, 1.82) is 0 Å². The minimum absolute atomic E-state index is 0.140. The Kier molecular flexibility index (Phi) is 5.58. The number of anilines is 1. The summed E-state index contributed by atoms with van der Waals surface area (Å²) in [5.74, 6) is 1.24. The highest BCUT2D eigenvalue weighted by atomic mass is 32.2. The predicted octanol–water partition coefficient (Wildman–Crippen LogP) is 4.09. The van der Waals surface area contributed by atoms with Gasteiger partial charge in [0.05, 0.1) is 12.9 Å². The van der Waals surface area contributed by atoms with Crippen molar-refractivity contribution in [3.05, 3.63) is 53.6 Å². The van der Waals surface area contributed by atoms with Gasteiger partial charge in [-0.05, 0) is 49.7 Å². The summed E-state index contributed by atoms with van der Waals surface area (Å²) in [6.45, 7) is 3.92. The van der Waals surface area contributed by atoms with E-state index in [9.17, 15) is 4.79 Å². The standard InChI is InChI=1S/C19H19N3O3S/c1-12-5-4-6-14(9-12)18-21-22-19(25-18)26-11-17(23)20-16-8-7-15(24-3)10-13(16)2/h4-10H,11H2,1-3H3,(H,20,23). The summed E-state index contributed by atoms with van der Waals surface area (Å²) in [6, 6.07) is 13.3. The molecule has 0 radical (unpaired) electrons.